The van der Waals surface area contributed by atoms with Crippen LogP contribution in [0.15, 0.2) is 48.5 Å². The summed E-state index contributed by atoms with van der Waals surface area (Å²) in [6.07, 6.45) is 1.85. The molecule has 1 heterocycles. The highest BCUT2D eigenvalue weighted by atomic mass is 35.5. The van der Waals surface area contributed by atoms with Gasteiger partial charge in [0, 0.05) is 23.0 Å². The Labute approximate surface area is 174 Å². The Morgan fingerprint density at radius 1 is 1.04 bits per heavy atom. The minimum absolute atomic E-state index is 0.0460. The van der Waals surface area contributed by atoms with E-state index in [2.05, 4.69) is 0 Å². The van der Waals surface area contributed by atoms with Gasteiger partial charge >= 0.3 is 0 Å². The lowest BCUT2D eigenvalue weighted by Crippen LogP contribution is -2.51. The van der Waals surface area contributed by atoms with Crippen molar-refractivity contribution in [2.75, 3.05) is 6.54 Å². The Bertz CT molecular complexity index is 866. The first-order chi connectivity index (χ1) is 13.6. The second kappa shape index (κ2) is 8.24. The Morgan fingerprint density at radius 2 is 1.79 bits per heavy atom. The Morgan fingerprint density at radius 3 is 2.43 bits per heavy atom. The Balaban J connectivity index is 1.79. The van der Waals surface area contributed by atoms with E-state index in [1.807, 2.05) is 47.4 Å². The number of morpholine rings is 1. The molecule has 0 spiro atoms. The smallest absolute Gasteiger partial charge is 0.252 e. The summed E-state index contributed by atoms with van der Waals surface area (Å²) >= 11 is 12.3. The number of carbonyl (C=O) groups excluding carboxylic acids is 2. The molecule has 1 aliphatic carbocycles. The number of ether oxygens (including phenoxy) is 1. The lowest BCUT2D eigenvalue weighted by Gasteiger charge is -2.44. The molecule has 1 aliphatic heterocycles. The molecule has 4 rings (SSSR count). The number of nitrogens with zero attached hydrogens (tertiary/aromatic N) is 1. The fraction of sp³-hybridized carbons (Fsp3) is 0.364. The van der Waals surface area contributed by atoms with Crippen LogP contribution in [0.2, 0.25) is 10.0 Å². The van der Waals surface area contributed by atoms with Gasteiger partial charge in [0.2, 0.25) is 0 Å². The number of carbonyl (C=O) groups is 2. The van der Waals surface area contributed by atoms with E-state index in [1.54, 1.807) is 6.07 Å². The topological polar surface area (TPSA) is 46.6 Å². The Hall–Kier alpha value is -1.88. The number of hydrogen-bond acceptors (Lipinski definition) is 3. The molecule has 1 saturated carbocycles. The average Bonchev–Trinajstić information content (AvgIpc) is 3.50. The second-order valence-corrected chi connectivity index (χ2v) is 8.31. The van der Waals surface area contributed by atoms with Crippen LogP contribution in [0.1, 0.15) is 42.5 Å². The van der Waals surface area contributed by atoms with Gasteiger partial charge in [-0.2, -0.15) is 0 Å². The number of amides is 1. The highest BCUT2D eigenvalue weighted by Crippen LogP contribution is 2.45. The Kier molecular flexibility index (Phi) is 5.72. The van der Waals surface area contributed by atoms with E-state index in [9.17, 15) is 9.59 Å². The molecule has 0 N–H and O–H groups in total. The molecule has 4 nitrogen and oxygen atoms in total. The van der Waals surface area contributed by atoms with Gasteiger partial charge in [0.1, 0.15) is 18.5 Å². The zero-order valence-electron chi connectivity index (χ0n) is 15.3. The minimum Gasteiger partial charge on any atom is -0.357 e. The van der Waals surface area contributed by atoms with E-state index in [1.165, 1.54) is 0 Å². The fourth-order valence-corrected chi connectivity index (χ4v) is 4.10. The molecular weight excluding hydrogens is 397 g/mol. The maximum Gasteiger partial charge on any atom is 0.252 e. The van der Waals surface area contributed by atoms with Crippen LogP contribution in [0.4, 0.5) is 0 Å². The molecule has 1 saturated heterocycles. The number of benzene rings is 2. The van der Waals surface area contributed by atoms with Crippen molar-refractivity contribution in [2.45, 2.75) is 37.5 Å². The highest BCUT2D eigenvalue weighted by molar-refractivity contribution is 6.30. The third-order valence-electron chi connectivity index (χ3n) is 5.34. The average molecular weight is 418 g/mol. The van der Waals surface area contributed by atoms with Crippen LogP contribution in [0, 0.1) is 5.92 Å². The summed E-state index contributed by atoms with van der Waals surface area (Å²) in [4.78, 5) is 26.2. The van der Waals surface area contributed by atoms with Crippen LogP contribution in [-0.2, 0) is 14.3 Å². The summed E-state index contributed by atoms with van der Waals surface area (Å²) in [6, 6.07) is 14.7. The maximum absolute atomic E-state index is 13.2. The zero-order chi connectivity index (χ0) is 19.7. The van der Waals surface area contributed by atoms with Gasteiger partial charge in [-0.15, -0.1) is 0 Å². The van der Waals surface area contributed by atoms with Crippen molar-refractivity contribution in [3.63, 3.8) is 0 Å². The third-order valence-corrected chi connectivity index (χ3v) is 5.83. The summed E-state index contributed by atoms with van der Waals surface area (Å²) in [5, 5.41) is 1.24. The molecular formula is C22H21Cl2NO3. The minimum atomic E-state index is -0.774. The molecule has 0 bridgehead atoms. The predicted molar refractivity (Wildman–Crippen MR) is 108 cm³/mol. The third kappa shape index (κ3) is 4.09. The summed E-state index contributed by atoms with van der Waals surface area (Å²) in [5.41, 5.74) is 1.84. The van der Waals surface area contributed by atoms with Gasteiger partial charge in [-0.1, -0.05) is 47.5 Å². The standard InChI is InChI=1S/C22H21Cl2NO3/c23-17-8-6-15(7-9-17)20-21(16-2-1-3-18(24)12-16)28-19(10-11-26)22(27)25(20)13-14-4-5-14/h1-3,6-9,11-12,14,19-21H,4-5,10,13H2/t19-,20+,21-/m0/s1. The molecule has 0 unspecified atom stereocenters. The number of hydrogen-bond donors (Lipinski definition) is 0. The van der Waals surface area contributed by atoms with E-state index >= 15 is 0 Å². The van der Waals surface area contributed by atoms with Gasteiger partial charge in [-0.05, 0) is 54.2 Å². The zero-order valence-corrected chi connectivity index (χ0v) is 16.8. The van der Waals surface area contributed by atoms with Crippen LogP contribution in [-0.4, -0.2) is 29.7 Å². The normalized spacial score (nSPS) is 25.0. The molecule has 146 valence electrons. The maximum atomic E-state index is 13.2. The summed E-state index contributed by atoms with van der Waals surface area (Å²) in [6.45, 7) is 0.669. The van der Waals surface area contributed by atoms with E-state index < -0.39 is 12.2 Å². The predicted octanol–water partition coefficient (Wildman–Crippen LogP) is 5.00. The SMILES string of the molecule is O=CC[C@@H]1O[C@@H](c2cccc(Cl)c2)[C@@H](c2ccc(Cl)cc2)N(CC2CC2)C1=O. The fourth-order valence-electron chi connectivity index (χ4n) is 3.78. The van der Waals surface area contributed by atoms with E-state index in [0.29, 0.717) is 22.5 Å². The molecule has 1 amide bonds. The molecule has 0 radical (unpaired) electrons. The molecule has 2 aromatic rings. The van der Waals surface area contributed by atoms with Crippen LogP contribution < -0.4 is 0 Å². The number of aldehydes is 1. The molecule has 6 heteroatoms. The van der Waals surface area contributed by atoms with Gasteiger partial charge in [0.15, 0.2) is 0 Å². The quantitative estimate of drug-likeness (QED) is 0.621. The van der Waals surface area contributed by atoms with Gasteiger partial charge in [0.05, 0.1) is 6.04 Å². The van der Waals surface area contributed by atoms with E-state index in [0.717, 1.165) is 30.3 Å². The van der Waals surface area contributed by atoms with Crippen LogP contribution in [0.3, 0.4) is 0 Å². The molecule has 28 heavy (non-hydrogen) atoms. The van der Waals surface area contributed by atoms with Crippen molar-refractivity contribution >= 4 is 35.4 Å². The summed E-state index contributed by atoms with van der Waals surface area (Å²) in [7, 11) is 0. The molecule has 3 atom stereocenters. The van der Waals surface area contributed by atoms with Gasteiger partial charge in [-0.3, -0.25) is 4.79 Å². The van der Waals surface area contributed by atoms with Crippen molar-refractivity contribution in [3.8, 4) is 0 Å². The largest absolute Gasteiger partial charge is 0.357 e. The monoisotopic (exact) mass is 417 g/mol. The molecule has 2 fully saturated rings. The van der Waals surface area contributed by atoms with Gasteiger partial charge in [0.25, 0.3) is 5.91 Å². The van der Waals surface area contributed by atoms with Crippen molar-refractivity contribution in [2.24, 2.45) is 5.92 Å². The van der Waals surface area contributed by atoms with Crippen LogP contribution in [0.25, 0.3) is 0 Å². The number of halogens is 2. The molecule has 2 aromatic carbocycles. The van der Waals surface area contributed by atoms with Crippen molar-refractivity contribution in [1.82, 2.24) is 4.90 Å². The molecule has 0 aromatic heterocycles. The van der Waals surface area contributed by atoms with E-state index in [-0.39, 0.29) is 18.4 Å². The van der Waals surface area contributed by atoms with E-state index in [4.69, 9.17) is 27.9 Å². The van der Waals surface area contributed by atoms with Crippen molar-refractivity contribution in [1.29, 1.82) is 0 Å². The first-order valence-electron chi connectivity index (χ1n) is 9.47. The second-order valence-electron chi connectivity index (χ2n) is 7.43. The van der Waals surface area contributed by atoms with Crippen LogP contribution >= 0.6 is 23.2 Å². The summed E-state index contributed by atoms with van der Waals surface area (Å²) < 4.78 is 6.20. The van der Waals surface area contributed by atoms with Crippen molar-refractivity contribution < 1.29 is 14.3 Å². The highest BCUT2D eigenvalue weighted by Gasteiger charge is 2.45. The lowest BCUT2D eigenvalue weighted by molar-refractivity contribution is -0.175. The molecule has 2 aliphatic rings. The number of rotatable bonds is 6. The van der Waals surface area contributed by atoms with Crippen molar-refractivity contribution in [3.05, 3.63) is 69.7 Å². The first-order valence-corrected chi connectivity index (χ1v) is 10.2. The van der Waals surface area contributed by atoms with Gasteiger partial charge in [-0.25, -0.2) is 0 Å². The van der Waals surface area contributed by atoms with Crippen LogP contribution in [0.5, 0.6) is 0 Å². The van der Waals surface area contributed by atoms with Gasteiger partial charge < -0.3 is 14.4 Å². The summed E-state index contributed by atoms with van der Waals surface area (Å²) in [5.74, 6) is 0.381. The lowest BCUT2D eigenvalue weighted by atomic mass is 9.91. The first kappa shape index (κ1) is 19.4.